The van der Waals surface area contributed by atoms with Crippen molar-refractivity contribution in [2.75, 3.05) is 13.2 Å². The molecule has 20 heavy (non-hydrogen) atoms. The van der Waals surface area contributed by atoms with Gasteiger partial charge in [-0.2, -0.15) is 5.10 Å². The Balaban J connectivity index is 2.61. The van der Waals surface area contributed by atoms with Gasteiger partial charge in [0, 0.05) is 25.4 Å². The number of hydrogen-bond acceptors (Lipinski definition) is 3. The molecular formula is C15H27N3O2. The second kappa shape index (κ2) is 8.04. The second-order valence-corrected chi connectivity index (χ2v) is 5.72. The number of carbonyl (C=O) groups is 1. The smallest absolute Gasteiger partial charge is 0.254 e. The van der Waals surface area contributed by atoms with Crippen molar-refractivity contribution in [2.45, 2.75) is 47.1 Å². The fourth-order valence-electron chi connectivity index (χ4n) is 2.16. The minimum Gasteiger partial charge on any atom is -0.396 e. The van der Waals surface area contributed by atoms with Crippen LogP contribution in [0.5, 0.6) is 0 Å². The third-order valence-corrected chi connectivity index (χ3v) is 3.55. The van der Waals surface area contributed by atoms with Crippen molar-refractivity contribution in [3.05, 3.63) is 17.5 Å². The van der Waals surface area contributed by atoms with E-state index in [0.29, 0.717) is 23.9 Å². The molecule has 1 amide bonds. The Kier molecular flexibility index (Phi) is 6.71. The van der Waals surface area contributed by atoms with E-state index in [4.69, 9.17) is 5.11 Å². The summed E-state index contributed by atoms with van der Waals surface area (Å²) in [6.45, 7) is 9.84. The highest BCUT2D eigenvalue weighted by molar-refractivity contribution is 5.95. The summed E-state index contributed by atoms with van der Waals surface area (Å²) in [6.07, 6.45) is 3.31. The molecule has 2 N–H and O–H groups in total. The number of carbonyl (C=O) groups excluding carboxylic acids is 1. The molecular weight excluding hydrogens is 254 g/mol. The molecule has 1 heterocycles. The number of aliphatic hydroxyl groups excluding tert-OH is 1. The first-order valence-corrected chi connectivity index (χ1v) is 7.41. The lowest BCUT2D eigenvalue weighted by molar-refractivity contribution is 0.0942. The van der Waals surface area contributed by atoms with Gasteiger partial charge >= 0.3 is 0 Å². The topological polar surface area (TPSA) is 67.2 Å². The van der Waals surface area contributed by atoms with Crippen LogP contribution >= 0.6 is 0 Å². The Hall–Kier alpha value is -1.36. The lowest BCUT2D eigenvalue weighted by Gasteiger charge is -2.14. The SMILES string of the molecule is CCC(CCO)CNC(=O)c1cnn(CC(C)C)c1C. The Bertz CT molecular complexity index is 427. The second-order valence-electron chi connectivity index (χ2n) is 5.72. The third-order valence-electron chi connectivity index (χ3n) is 3.55. The maximum atomic E-state index is 12.2. The first-order chi connectivity index (χ1) is 9.49. The summed E-state index contributed by atoms with van der Waals surface area (Å²) in [5.74, 6) is 0.752. The molecule has 0 spiro atoms. The largest absolute Gasteiger partial charge is 0.396 e. The molecule has 0 aromatic carbocycles. The van der Waals surface area contributed by atoms with Crippen molar-refractivity contribution in [3.8, 4) is 0 Å². The van der Waals surface area contributed by atoms with E-state index in [1.54, 1.807) is 6.20 Å². The minimum atomic E-state index is -0.0751. The maximum absolute atomic E-state index is 12.2. The molecule has 1 unspecified atom stereocenters. The van der Waals surface area contributed by atoms with Gasteiger partial charge in [0.05, 0.1) is 11.8 Å². The molecule has 5 heteroatoms. The molecule has 1 atom stereocenters. The van der Waals surface area contributed by atoms with Crippen molar-refractivity contribution in [3.63, 3.8) is 0 Å². The van der Waals surface area contributed by atoms with Crippen LogP contribution < -0.4 is 5.32 Å². The zero-order valence-electron chi connectivity index (χ0n) is 13.0. The molecule has 1 rings (SSSR count). The molecule has 114 valence electrons. The lowest BCUT2D eigenvalue weighted by Crippen LogP contribution is -2.30. The van der Waals surface area contributed by atoms with Crippen LogP contribution in [0.25, 0.3) is 0 Å². The predicted molar refractivity (Wildman–Crippen MR) is 79.6 cm³/mol. The zero-order chi connectivity index (χ0) is 15.1. The molecule has 5 nitrogen and oxygen atoms in total. The Morgan fingerprint density at radius 3 is 2.75 bits per heavy atom. The highest BCUT2D eigenvalue weighted by Crippen LogP contribution is 2.11. The van der Waals surface area contributed by atoms with Gasteiger partial charge in [-0.05, 0) is 25.2 Å². The first-order valence-electron chi connectivity index (χ1n) is 7.41. The van der Waals surface area contributed by atoms with Crippen LogP contribution in [0.2, 0.25) is 0 Å². The number of hydrogen-bond donors (Lipinski definition) is 2. The van der Waals surface area contributed by atoms with Crippen LogP contribution in [0.15, 0.2) is 6.20 Å². The van der Waals surface area contributed by atoms with Crippen LogP contribution in [0.4, 0.5) is 0 Å². The van der Waals surface area contributed by atoms with Crippen molar-refractivity contribution in [1.82, 2.24) is 15.1 Å². The van der Waals surface area contributed by atoms with Gasteiger partial charge in [0.2, 0.25) is 0 Å². The van der Waals surface area contributed by atoms with Gasteiger partial charge < -0.3 is 10.4 Å². The van der Waals surface area contributed by atoms with E-state index in [1.807, 2.05) is 11.6 Å². The summed E-state index contributed by atoms with van der Waals surface area (Å²) < 4.78 is 1.88. The van der Waals surface area contributed by atoms with Gasteiger partial charge in [-0.1, -0.05) is 27.2 Å². The van der Waals surface area contributed by atoms with Gasteiger partial charge in [-0.3, -0.25) is 9.48 Å². The fraction of sp³-hybridized carbons (Fsp3) is 0.733. The number of aliphatic hydroxyl groups is 1. The standard InChI is InChI=1S/C15H27N3O2/c1-5-13(6-7-19)8-16-15(20)14-9-17-18(12(14)4)10-11(2)3/h9,11,13,19H,5-8,10H2,1-4H3,(H,16,20). The van der Waals surface area contributed by atoms with E-state index in [9.17, 15) is 4.79 Å². The molecule has 0 aliphatic heterocycles. The lowest BCUT2D eigenvalue weighted by atomic mass is 10.0. The molecule has 0 saturated carbocycles. The first kappa shape index (κ1) is 16.7. The van der Waals surface area contributed by atoms with Crippen LogP contribution in [0.1, 0.15) is 49.7 Å². The number of rotatable bonds is 8. The van der Waals surface area contributed by atoms with E-state index in [2.05, 4.69) is 31.2 Å². The summed E-state index contributed by atoms with van der Waals surface area (Å²) >= 11 is 0. The van der Waals surface area contributed by atoms with E-state index in [1.165, 1.54) is 0 Å². The molecule has 0 saturated heterocycles. The third kappa shape index (κ3) is 4.63. The molecule has 1 aromatic heterocycles. The van der Waals surface area contributed by atoms with Gasteiger partial charge in [0.25, 0.3) is 5.91 Å². The quantitative estimate of drug-likeness (QED) is 0.765. The summed E-state index contributed by atoms with van der Waals surface area (Å²) in [5.41, 5.74) is 1.55. The average molecular weight is 281 g/mol. The minimum absolute atomic E-state index is 0.0751. The normalized spacial score (nSPS) is 12.7. The van der Waals surface area contributed by atoms with Crippen LogP contribution in [-0.4, -0.2) is 33.9 Å². The fourth-order valence-corrected chi connectivity index (χ4v) is 2.16. The number of aromatic nitrogens is 2. The molecule has 0 bridgehead atoms. The number of nitrogens with one attached hydrogen (secondary N) is 1. The van der Waals surface area contributed by atoms with Gasteiger partial charge in [-0.15, -0.1) is 0 Å². The zero-order valence-corrected chi connectivity index (χ0v) is 13.0. The highest BCUT2D eigenvalue weighted by Gasteiger charge is 2.15. The molecule has 0 radical (unpaired) electrons. The Morgan fingerprint density at radius 1 is 1.50 bits per heavy atom. The van der Waals surface area contributed by atoms with Gasteiger partial charge in [0.15, 0.2) is 0 Å². The van der Waals surface area contributed by atoms with E-state index in [0.717, 1.165) is 25.1 Å². The molecule has 1 aromatic rings. The van der Waals surface area contributed by atoms with Crippen LogP contribution in [0, 0.1) is 18.8 Å². The predicted octanol–water partition coefficient (Wildman–Crippen LogP) is 1.99. The maximum Gasteiger partial charge on any atom is 0.254 e. The number of nitrogens with zero attached hydrogens (tertiary/aromatic N) is 2. The number of amides is 1. The van der Waals surface area contributed by atoms with Crippen molar-refractivity contribution >= 4 is 5.91 Å². The van der Waals surface area contributed by atoms with Crippen molar-refractivity contribution in [2.24, 2.45) is 11.8 Å². The van der Waals surface area contributed by atoms with Gasteiger partial charge in [0.1, 0.15) is 0 Å². The van der Waals surface area contributed by atoms with Crippen molar-refractivity contribution < 1.29 is 9.90 Å². The summed E-state index contributed by atoms with van der Waals surface area (Å²) in [6, 6.07) is 0. The summed E-state index contributed by atoms with van der Waals surface area (Å²) in [4.78, 5) is 12.2. The Labute approximate surface area is 121 Å². The van der Waals surface area contributed by atoms with E-state index < -0.39 is 0 Å². The molecule has 0 aliphatic rings. The Morgan fingerprint density at radius 2 is 2.20 bits per heavy atom. The van der Waals surface area contributed by atoms with Crippen LogP contribution in [0.3, 0.4) is 0 Å². The van der Waals surface area contributed by atoms with Crippen molar-refractivity contribution in [1.29, 1.82) is 0 Å². The summed E-state index contributed by atoms with van der Waals surface area (Å²) in [5, 5.41) is 16.2. The van der Waals surface area contributed by atoms with Crippen LogP contribution in [-0.2, 0) is 6.54 Å². The van der Waals surface area contributed by atoms with E-state index >= 15 is 0 Å². The molecule has 0 fully saturated rings. The highest BCUT2D eigenvalue weighted by atomic mass is 16.3. The van der Waals surface area contributed by atoms with Gasteiger partial charge in [-0.25, -0.2) is 0 Å². The molecule has 0 aliphatic carbocycles. The monoisotopic (exact) mass is 281 g/mol. The average Bonchev–Trinajstić information content (AvgIpc) is 2.75. The van der Waals surface area contributed by atoms with E-state index in [-0.39, 0.29) is 12.5 Å². The summed E-state index contributed by atoms with van der Waals surface area (Å²) in [7, 11) is 0.